The van der Waals surface area contributed by atoms with Gasteiger partial charge in [-0.25, -0.2) is 0 Å². The van der Waals surface area contributed by atoms with Crippen molar-refractivity contribution in [2.24, 2.45) is 10.8 Å². The third kappa shape index (κ3) is 3.60. The van der Waals surface area contributed by atoms with E-state index in [0.29, 0.717) is 0 Å². The maximum Gasteiger partial charge on any atom is 0.110 e. The van der Waals surface area contributed by atoms with Crippen LogP contribution in [-0.2, 0) is 3.07 Å². The Kier molecular flexibility index (Phi) is 5.48. The first-order chi connectivity index (χ1) is 8.23. The van der Waals surface area contributed by atoms with Crippen molar-refractivity contribution in [3.63, 3.8) is 0 Å². The number of halogens is 1. The molecule has 0 saturated heterocycles. The Morgan fingerprint density at radius 1 is 1.17 bits per heavy atom. The molecule has 18 heavy (non-hydrogen) atoms. The van der Waals surface area contributed by atoms with Crippen molar-refractivity contribution in [3.05, 3.63) is 24.3 Å². The predicted molar refractivity (Wildman–Crippen MR) is 87.8 cm³/mol. The van der Waals surface area contributed by atoms with Gasteiger partial charge in [0.1, 0.15) is 23.0 Å². The molecule has 0 bridgehead atoms. The highest BCUT2D eigenvalue weighted by atomic mass is 127. The van der Waals surface area contributed by atoms with Crippen molar-refractivity contribution in [1.82, 2.24) is 0 Å². The Morgan fingerprint density at radius 2 is 1.67 bits per heavy atom. The maximum atomic E-state index is 5.91. The summed E-state index contributed by atoms with van der Waals surface area (Å²) in [5, 5.41) is 0. The maximum absolute atomic E-state index is 5.91. The summed E-state index contributed by atoms with van der Waals surface area (Å²) in [5.41, 5.74) is 2.95. The largest absolute Gasteiger partial charge is 0.311 e. The van der Waals surface area contributed by atoms with Gasteiger partial charge in [-0.15, -0.1) is 13.2 Å². The number of rotatable bonds is 5. The second-order valence-corrected chi connectivity index (χ2v) is 7.45. The monoisotopic (exact) mass is 362 g/mol. The molecular weight excluding hydrogens is 335 g/mol. The summed E-state index contributed by atoms with van der Waals surface area (Å²) in [6, 6.07) is 0. The van der Waals surface area contributed by atoms with Gasteiger partial charge in [0.2, 0.25) is 0 Å². The Labute approximate surface area is 127 Å². The zero-order chi connectivity index (χ0) is 14.0. The van der Waals surface area contributed by atoms with Crippen molar-refractivity contribution >= 4 is 23.0 Å². The summed E-state index contributed by atoms with van der Waals surface area (Å²) in [6.45, 7) is 17.2. The van der Waals surface area contributed by atoms with Crippen LogP contribution in [0.15, 0.2) is 24.3 Å². The molecule has 0 spiro atoms. The van der Waals surface area contributed by atoms with Crippen LogP contribution in [0, 0.1) is 10.8 Å². The average Bonchev–Trinajstić information content (AvgIpc) is 2.13. The molecule has 1 fully saturated rings. The fourth-order valence-corrected chi connectivity index (χ4v) is 5.06. The average molecular weight is 362 g/mol. The normalized spacial score (nSPS) is 25.7. The van der Waals surface area contributed by atoms with E-state index < -0.39 is 0 Å². The molecular formula is C16H27IO. The lowest BCUT2D eigenvalue weighted by atomic mass is 9.57. The van der Waals surface area contributed by atoms with E-state index in [-0.39, 0.29) is 16.9 Å². The van der Waals surface area contributed by atoms with Gasteiger partial charge in [0, 0.05) is 5.41 Å². The van der Waals surface area contributed by atoms with E-state index in [1.54, 1.807) is 0 Å². The first kappa shape index (κ1) is 16.2. The van der Waals surface area contributed by atoms with Gasteiger partial charge < -0.3 is 3.07 Å². The number of allylic oxidation sites excluding steroid dienone is 2. The fourth-order valence-electron chi connectivity index (χ4n) is 3.83. The molecule has 1 unspecified atom stereocenters. The fraction of sp³-hybridized carbons (Fsp3) is 0.750. The van der Waals surface area contributed by atoms with E-state index in [0.717, 1.165) is 12.8 Å². The highest BCUT2D eigenvalue weighted by molar-refractivity contribution is 14.1. The SMILES string of the molecule is C=C(C)CC1(CC(=C)C)CCCC(C)(C)C1OI. The van der Waals surface area contributed by atoms with E-state index >= 15 is 0 Å². The van der Waals surface area contributed by atoms with Crippen LogP contribution >= 0.6 is 23.0 Å². The van der Waals surface area contributed by atoms with Crippen molar-refractivity contribution in [1.29, 1.82) is 0 Å². The van der Waals surface area contributed by atoms with Gasteiger partial charge in [0.15, 0.2) is 0 Å². The molecule has 0 N–H and O–H groups in total. The minimum absolute atomic E-state index is 0.195. The number of hydrogen-bond acceptors (Lipinski definition) is 1. The predicted octanol–water partition coefficient (Wildman–Crippen LogP) is 5.85. The smallest absolute Gasteiger partial charge is 0.110 e. The topological polar surface area (TPSA) is 9.23 Å². The van der Waals surface area contributed by atoms with Gasteiger partial charge in [0.25, 0.3) is 0 Å². The quantitative estimate of drug-likeness (QED) is 0.440. The summed E-state index contributed by atoms with van der Waals surface area (Å²) >= 11 is 2.09. The molecule has 0 heterocycles. The van der Waals surface area contributed by atoms with Crippen LogP contribution < -0.4 is 0 Å². The lowest BCUT2D eigenvalue weighted by molar-refractivity contribution is -0.0530. The molecule has 1 atom stereocenters. The third-order valence-electron chi connectivity index (χ3n) is 4.16. The second-order valence-electron chi connectivity index (χ2n) is 6.94. The second kappa shape index (κ2) is 6.08. The number of hydrogen-bond donors (Lipinski definition) is 0. The summed E-state index contributed by atoms with van der Waals surface area (Å²) in [6.07, 6.45) is 6.14. The summed E-state index contributed by atoms with van der Waals surface area (Å²) < 4.78 is 5.91. The van der Waals surface area contributed by atoms with E-state index in [9.17, 15) is 0 Å². The van der Waals surface area contributed by atoms with Crippen molar-refractivity contribution in [2.75, 3.05) is 0 Å². The molecule has 1 aliphatic rings. The van der Waals surface area contributed by atoms with Gasteiger partial charge in [-0.3, -0.25) is 0 Å². The van der Waals surface area contributed by atoms with Crippen LogP contribution in [-0.4, -0.2) is 6.10 Å². The highest BCUT2D eigenvalue weighted by Gasteiger charge is 2.49. The lowest BCUT2D eigenvalue weighted by Gasteiger charge is -2.51. The van der Waals surface area contributed by atoms with Crippen LogP contribution in [0.5, 0.6) is 0 Å². The minimum atomic E-state index is 0.195. The van der Waals surface area contributed by atoms with Crippen molar-refractivity contribution < 1.29 is 3.07 Å². The molecule has 1 rings (SSSR count). The van der Waals surface area contributed by atoms with Gasteiger partial charge in [-0.1, -0.05) is 31.4 Å². The van der Waals surface area contributed by atoms with Gasteiger partial charge in [-0.2, -0.15) is 0 Å². The Bertz CT molecular complexity index is 314. The molecule has 1 saturated carbocycles. The van der Waals surface area contributed by atoms with E-state index in [1.807, 2.05) is 0 Å². The van der Waals surface area contributed by atoms with Crippen LogP contribution in [0.1, 0.15) is 59.8 Å². The summed E-state index contributed by atoms with van der Waals surface area (Å²) in [4.78, 5) is 0. The highest BCUT2D eigenvalue weighted by Crippen LogP contribution is 2.54. The van der Waals surface area contributed by atoms with E-state index in [1.165, 1.54) is 30.4 Å². The molecule has 0 amide bonds. The van der Waals surface area contributed by atoms with Crippen LogP contribution in [0.4, 0.5) is 0 Å². The van der Waals surface area contributed by atoms with Crippen LogP contribution in [0.25, 0.3) is 0 Å². The van der Waals surface area contributed by atoms with E-state index in [2.05, 4.69) is 63.9 Å². The van der Waals surface area contributed by atoms with E-state index in [4.69, 9.17) is 3.07 Å². The third-order valence-corrected chi connectivity index (χ3v) is 4.67. The van der Waals surface area contributed by atoms with Gasteiger partial charge in [0.05, 0.1) is 6.10 Å². The zero-order valence-electron chi connectivity index (χ0n) is 12.3. The molecule has 1 nitrogen and oxygen atoms in total. The Morgan fingerprint density at radius 3 is 2.06 bits per heavy atom. The summed E-state index contributed by atoms with van der Waals surface area (Å²) in [5.74, 6) is 0. The molecule has 0 aliphatic heterocycles. The van der Waals surface area contributed by atoms with Crippen molar-refractivity contribution in [2.45, 2.75) is 65.9 Å². The minimum Gasteiger partial charge on any atom is -0.311 e. The van der Waals surface area contributed by atoms with Crippen LogP contribution in [0.2, 0.25) is 0 Å². The molecule has 1 aliphatic carbocycles. The van der Waals surface area contributed by atoms with Gasteiger partial charge >= 0.3 is 0 Å². The van der Waals surface area contributed by atoms with Gasteiger partial charge in [-0.05, 0) is 44.9 Å². The summed E-state index contributed by atoms with van der Waals surface area (Å²) in [7, 11) is 0. The molecule has 0 radical (unpaired) electrons. The molecule has 0 aromatic carbocycles. The first-order valence-electron chi connectivity index (χ1n) is 6.80. The molecule has 0 aromatic rings. The standard InChI is InChI=1S/C16H27IO/c1-12(2)10-16(11-13(3)4)9-7-8-15(5,6)14(16)18-17/h14H,1,3,7-11H2,2,4-6H3. The Hall–Kier alpha value is 0.170. The Balaban J connectivity index is 3.11. The molecule has 2 heteroatoms. The van der Waals surface area contributed by atoms with Crippen molar-refractivity contribution in [3.8, 4) is 0 Å². The first-order valence-corrected chi connectivity index (χ1v) is 7.68. The molecule has 104 valence electrons. The molecule has 0 aromatic heterocycles. The zero-order valence-corrected chi connectivity index (χ0v) is 14.5. The van der Waals surface area contributed by atoms with Crippen LogP contribution in [0.3, 0.4) is 0 Å². The lowest BCUT2D eigenvalue weighted by Crippen LogP contribution is -2.49.